The number of likely N-dealkylation sites (N-methyl/N-ethyl adjacent to an activating group) is 1. The van der Waals surface area contributed by atoms with E-state index in [9.17, 15) is 17.6 Å². The second kappa shape index (κ2) is 7.62. The van der Waals surface area contributed by atoms with E-state index >= 15 is 0 Å². The van der Waals surface area contributed by atoms with Crippen molar-refractivity contribution in [1.82, 2.24) is 4.31 Å². The van der Waals surface area contributed by atoms with Gasteiger partial charge in [-0.2, -0.15) is 4.31 Å². The number of sulfonamides is 1. The van der Waals surface area contributed by atoms with Crippen LogP contribution in [-0.2, 0) is 14.8 Å². The Bertz CT molecular complexity index is 884. The predicted molar refractivity (Wildman–Crippen MR) is 92.6 cm³/mol. The quantitative estimate of drug-likeness (QED) is 0.852. The Morgan fingerprint density at radius 2 is 1.92 bits per heavy atom. The molecule has 6 nitrogen and oxygen atoms in total. The van der Waals surface area contributed by atoms with Crippen LogP contribution in [0.3, 0.4) is 0 Å². The van der Waals surface area contributed by atoms with Crippen molar-refractivity contribution in [3.63, 3.8) is 0 Å². The van der Waals surface area contributed by atoms with Gasteiger partial charge in [0, 0.05) is 7.05 Å². The van der Waals surface area contributed by atoms with Crippen LogP contribution in [0.2, 0.25) is 0 Å². The van der Waals surface area contributed by atoms with Crippen molar-refractivity contribution in [3.05, 3.63) is 53.8 Å². The van der Waals surface area contributed by atoms with Gasteiger partial charge in [-0.05, 0) is 42.8 Å². The zero-order valence-electron chi connectivity index (χ0n) is 14.1. The summed E-state index contributed by atoms with van der Waals surface area (Å²) < 4.78 is 44.7. The molecule has 0 saturated carbocycles. The lowest BCUT2D eigenvalue weighted by Crippen LogP contribution is -2.35. The lowest BCUT2D eigenvalue weighted by Gasteiger charge is -2.18. The molecule has 2 aromatic carbocycles. The molecule has 1 N–H and O–H groups in total. The smallest absolute Gasteiger partial charge is 0.243 e. The fraction of sp³-hybridized carbons (Fsp3) is 0.235. The van der Waals surface area contributed by atoms with Crippen molar-refractivity contribution >= 4 is 21.6 Å². The minimum absolute atomic E-state index is 0.00131. The summed E-state index contributed by atoms with van der Waals surface area (Å²) >= 11 is 0. The zero-order chi connectivity index (χ0) is 18.6. The molecular formula is C17H19FN2O4S. The number of para-hydroxylation sites is 1. The van der Waals surface area contributed by atoms with Crippen molar-refractivity contribution in [1.29, 1.82) is 0 Å². The van der Waals surface area contributed by atoms with Crippen LogP contribution in [0.5, 0.6) is 5.75 Å². The Morgan fingerprint density at radius 1 is 1.24 bits per heavy atom. The standard InChI is InChI=1S/C17H19FN2O4S/c1-12-10-13(8-9-16(12)24-3)25(22,23)20(2)11-17(21)19-15-7-5-4-6-14(15)18/h4-10H,11H2,1-3H3,(H,19,21). The van der Waals surface area contributed by atoms with Gasteiger partial charge in [0.05, 0.1) is 24.2 Å². The number of hydrogen-bond acceptors (Lipinski definition) is 4. The van der Waals surface area contributed by atoms with Crippen LogP contribution >= 0.6 is 0 Å². The molecule has 1 amide bonds. The van der Waals surface area contributed by atoms with Gasteiger partial charge >= 0.3 is 0 Å². The molecule has 0 atom stereocenters. The topological polar surface area (TPSA) is 75.7 Å². The number of halogens is 1. The zero-order valence-corrected chi connectivity index (χ0v) is 14.9. The van der Waals surface area contributed by atoms with E-state index in [4.69, 9.17) is 4.74 Å². The first-order valence-corrected chi connectivity index (χ1v) is 8.85. The number of aryl methyl sites for hydroxylation is 1. The molecule has 0 aliphatic heterocycles. The number of ether oxygens (including phenoxy) is 1. The average Bonchev–Trinajstić information content (AvgIpc) is 2.56. The summed E-state index contributed by atoms with van der Waals surface area (Å²) in [6.45, 7) is 1.28. The summed E-state index contributed by atoms with van der Waals surface area (Å²) in [6, 6.07) is 10.1. The molecule has 2 aromatic rings. The van der Waals surface area contributed by atoms with Crippen molar-refractivity contribution in [2.24, 2.45) is 0 Å². The van der Waals surface area contributed by atoms with E-state index in [1.807, 2.05) is 0 Å². The molecule has 2 rings (SSSR count). The molecule has 25 heavy (non-hydrogen) atoms. The molecule has 0 aliphatic rings. The van der Waals surface area contributed by atoms with Crippen LogP contribution in [0, 0.1) is 12.7 Å². The number of rotatable bonds is 6. The largest absolute Gasteiger partial charge is 0.496 e. The van der Waals surface area contributed by atoms with E-state index in [0.717, 1.165) is 4.31 Å². The number of amides is 1. The fourth-order valence-corrected chi connectivity index (χ4v) is 3.44. The van der Waals surface area contributed by atoms with E-state index < -0.39 is 28.3 Å². The normalized spacial score (nSPS) is 11.4. The summed E-state index contributed by atoms with van der Waals surface area (Å²) in [6.07, 6.45) is 0. The highest BCUT2D eigenvalue weighted by Gasteiger charge is 2.24. The first-order chi connectivity index (χ1) is 11.8. The number of carbonyl (C=O) groups excluding carboxylic acids is 1. The van der Waals surface area contributed by atoms with Crippen LogP contribution in [0.15, 0.2) is 47.4 Å². The number of benzene rings is 2. The minimum atomic E-state index is -3.86. The number of nitrogens with zero attached hydrogens (tertiary/aromatic N) is 1. The fourth-order valence-electron chi connectivity index (χ4n) is 2.23. The molecule has 0 aromatic heterocycles. The van der Waals surface area contributed by atoms with Crippen molar-refractivity contribution in [3.8, 4) is 5.75 Å². The Hall–Kier alpha value is -2.45. The SMILES string of the molecule is COc1ccc(S(=O)(=O)N(C)CC(=O)Nc2ccccc2F)cc1C. The summed E-state index contributed by atoms with van der Waals surface area (Å²) in [4.78, 5) is 12.1. The van der Waals surface area contributed by atoms with E-state index in [2.05, 4.69) is 5.32 Å². The van der Waals surface area contributed by atoms with Gasteiger partial charge in [0.25, 0.3) is 0 Å². The number of carbonyl (C=O) groups is 1. The molecule has 0 unspecified atom stereocenters. The molecule has 8 heteroatoms. The maximum Gasteiger partial charge on any atom is 0.243 e. The average molecular weight is 366 g/mol. The third kappa shape index (κ3) is 4.34. The molecule has 0 radical (unpaired) electrons. The van der Waals surface area contributed by atoms with Crippen LogP contribution < -0.4 is 10.1 Å². The monoisotopic (exact) mass is 366 g/mol. The summed E-state index contributed by atoms with van der Waals surface area (Å²) in [7, 11) is -1.08. The Labute approximate surface area is 146 Å². The maximum atomic E-state index is 13.5. The highest BCUT2D eigenvalue weighted by Crippen LogP contribution is 2.23. The number of methoxy groups -OCH3 is 1. The number of anilines is 1. The van der Waals surface area contributed by atoms with Crippen molar-refractivity contribution in [2.45, 2.75) is 11.8 Å². The highest BCUT2D eigenvalue weighted by atomic mass is 32.2. The molecule has 0 fully saturated rings. The predicted octanol–water partition coefficient (Wildman–Crippen LogP) is 2.40. The highest BCUT2D eigenvalue weighted by molar-refractivity contribution is 7.89. The third-order valence-corrected chi connectivity index (χ3v) is 5.39. The van der Waals surface area contributed by atoms with Gasteiger partial charge in [0.2, 0.25) is 15.9 Å². The van der Waals surface area contributed by atoms with E-state index in [1.54, 1.807) is 19.1 Å². The van der Waals surface area contributed by atoms with Gasteiger partial charge in [0.1, 0.15) is 11.6 Å². The molecule has 0 spiro atoms. The second-order valence-corrected chi connectivity index (χ2v) is 7.47. The first kappa shape index (κ1) is 18.9. The van der Waals surface area contributed by atoms with E-state index in [-0.39, 0.29) is 10.6 Å². The summed E-state index contributed by atoms with van der Waals surface area (Å²) in [5, 5.41) is 2.35. The van der Waals surface area contributed by atoms with Gasteiger partial charge in [-0.3, -0.25) is 4.79 Å². The summed E-state index contributed by atoms with van der Waals surface area (Å²) in [5.74, 6) is -0.660. The molecule has 0 heterocycles. The molecule has 0 saturated heterocycles. The van der Waals surface area contributed by atoms with Crippen molar-refractivity contribution < 1.29 is 22.3 Å². The Morgan fingerprint density at radius 3 is 2.52 bits per heavy atom. The van der Waals surface area contributed by atoms with Crippen LogP contribution in [0.25, 0.3) is 0 Å². The Balaban J connectivity index is 2.13. The lowest BCUT2D eigenvalue weighted by atomic mass is 10.2. The van der Waals surface area contributed by atoms with Crippen LogP contribution in [0.4, 0.5) is 10.1 Å². The number of nitrogens with one attached hydrogen (secondary N) is 1. The van der Waals surface area contributed by atoms with E-state index in [1.165, 1.54) is 44.5 Å². The number of hydrogen-bond donors (Lipinski definition) is 1. The molecule has 0 bridgehead atoms. The molecular weight excluding hydrogens is 347 g/mol. The Kier molecular flexibility index (Phi) is 5.76. The first-order valence-electron chi connectivity index (χ1n) is 7.41. The summed E-state index contributed by atoms with van der Waals surface area (Å²) in [5.41, 5.74) is 0.659. The van der Waals surface area contributed by atoms with Crippen LogP contribution in [0.1, 0.15) is 5.56 Å². The minimum Gasteiger partial charge on any atom is -0.496 e. The third-order valence-electron chi connectivity index (χ3n) is 3.59. The van der Waals surface area contributed by atoms with Gasteiger partial charge < -0.3 is 10.1 Å². The van der Waals surface area contributed by atoms with E-state index in [0.29, 0.717) is 11.3 Å². The molecule has 0 aliphatic carbocycles. The van der Waals surface area contributed by atoms with Crippen molar-refractivity contribution in [2.75, 3.05) is 26.0 Å². The lowest BCUT2D eigenvalue weighted by molar-refractivity contribution is -0.116. The van der Waals surface area contributed by atoms with Gasteiger partial charge in [-0.15, -0.1) is 0 Å². The van der Waals surface area contributed by atoms with Gasteiger partial charge in [-0.25, -0.2) is 12.8 Å². The molecule has 134 valence electrons. The second-order valence-electron chi connectivity index (χ2n) is 5.42. The van der Waals surface area contributed by atoms with Gasteiger partial charge in [-0.1, -0.05) is 12.1 Å². The maximum absolute atomic E-state index is 13.5. The van der Waals surface area contributed by atoms with Crippen LogP contribution in [-0.4, -0.2) is 39.3 Å². The van der Waals surface area contributed by atoms with Gasteiger partial charge in [0.15, 0.2) is 0 Å².